The number of nitrogens with zero attached hydrogens (tertiary/aromatic N) is 1. The molecule has 0 saturated carbocycles. The van der Waals surface area contributed by atoms with Crippen molar-refractivity contribution in [3.8, 4) is 0 Å². The highest BCUT2D eigenvalue weighted by Gasteiger charge is 2.28. The number of hydrogen-bond acceptors (Lipinski definition) is 3. The first-order chi connectivity index (χ1) is 9.34. The van der Waals surface area contributed by atoms with Crippen molar-refractivity contribution in [2.45, 2.75) is 59.4 Å². The Morgan fingerprint density at radius 2 is 1.95 bits per heavy atom. The molecule has 1 amide bonds. The van der Waals surface area contributed by atoms with Crippen LogP contribution in [0.15, 0.2) is 0 Å². The molecule has 118 valence electrons. The summed E-state index contributed by atoms with van der Waals surface area (Å²) in [5, 5.41) is 3.24. The summed E-state index contributed by atoms with van der Waals surface area (Å²) in [4.78, 5) is 13.9. The number of primary amides is 1. The highest BCUT2D eigenvalue weighted by molar-refractivity contribution is 5.79. The van der Waals surface area contributed by atoms with E-state index in [1.54, 1.807) is 0 Å². The molecule has 1 atom stereocenters. The Kier molecular flexibility index (Phi) is 6.96. The molecule has 1 unspecified atom stereocenters. The molecule has 0 bridgehead atoms. The number of nitrogens with two attached hydrogens (primary N) is 1. The second-order valence-corrected chi connectivity index (χ2v) is 7.18. The third kappa shape index (κ3) is 5.80. The van der Waals surface area contributed by atoms with Crippen molar-refractivity contribution in [3.63, 3.8) is 0 Å². The van der Waals surface area contributed by atoms with E-state index in [2.05, 4.69) is 37.9 Å². The van der Waals surface area contributed by atoms with Crippen LogP contribution in [0.5, 0.6) is 0 Å². The normalized spacial score (nSPS) is 20.0. The molecule has 1 rings (SSSR count). The molecule has 1 aliphatic heterocycles. The van der Waals surface area contributed by atoms with Gasteiger partial charge in [0, 0.05) is 6.54 Å². The predicted molar refractivity (Wildman–Crippen MR) is 84.5 cm³/mol. The van der Waals surface area contributed by atoms with E-state index >= 15 is 0 Å². The van der Waals surface area contributed by atoms with Gasteiger partial charge in [0.15, 0.2) is 0 Å². The van der Waals surface area contributed by atoms with Gasteiger partial charge < -0.3 is 16.0 Å². The van der Waals surface area contributed by atoms with Gasteiger partial charge in [-0.05, 0) is 56.7 Å². The average Bonchev–Trinajstić information content (AvgIpc) is 2.38. The molecule has 0 radical (unpaired) electrons. The van der Waals surface area contributed by atoms with E-state index in [-0.39, 0.29) is 11.9 Å². The molecule has 1 aliphatic rings. The fraction of sp³-hybridized carbons (Fsp3) is 0.938. The average molecular weight is 283 g/mol. The number of carbonyl (C=O) groups excluding carboxylic acids is 1. The van der Waals surface area contributed by atoms with Gasteiger partial charge in [0.25, 0.3) is 0 Å². The number of nitrogens with one attached hydrogen (secondary N) is 1. The molecule has 20 heavy (non-hydrogen) atoms. The summed E-state index contributed by atoms with van der Waals surface area (Å²) in [5.41, 5.74) is 5.87. The van der Waals surface area contributed by atoms with E-state index in [1.807, 2.05) is 0 Å². The number of likely N-dealkylation sites (tertiary alicyclic amines) is 1. The molecule has 4 nitrogen and oxygen atoms in total. The lowest BCUT2D eigenvalue weighted by Crippen LogP contribution is -2.45. The van der Waals surface area contributed by atoms with Crippen LogP contribution in [0.3, 0.4) is 0 Å². The highest BCUT2D eigenvalue weighted by Crippen LogP contribution is 2.34. The first-order valence-electron chi connectivity index (χ1n) is 8.09. The number of piperidine rings is 1. The molecule has 3 N–H and O–H groups in total. The van der Waals surface area contributed by atoms with Crippen molar-refractivity contribution in [2.24, 2.45) is 17.1 Å². The lowest BCUT2D eigenvalue weighted by atomic mass is 9.75. The van der Waals surface area contributed by atoms with Crippen LogP contribution in [0.25, 0.3) is 0 Å². The number of amides is 1. The molecular formula is C16H33N3O. The maximum absolute atomic E-state index is 11.4. The van der Waals surface area contributed by atoms with Gasteiger partial charge in [-0.15, -0.1) is 0 Å². The van der Waals surface area contributed by atoms with Crippen molar-refractivity contribution >= 4 is 5.91 Å². The van der Waals surface area contributed by atoms with Crippen molar-refractivity contribution in [1.29, 1.82) is 0 Å². The molecule has 1 heterocycles. The topological polar surface area (TPSA) is 58.4 Å². The Labute approximate surface area is 124 Å². The van der Waals surface area contributed by atoms with Crippen molar-refractivity contribution in [1.82, 2.24) is 10.2 Å². The largest absolute Gasteiger partial charge is 0.368 e. The molecule has 1 saturated heterocycles. The number of rotatable bonds is 7. The van der Waals surface area contributed by atoms with Crippen LogP contribution < -0.4 is 11.1 Å². The van der Waals surface area contributed by atoms with Gasteiger partial charge in [0.1, 0.15) is 0 Å². The second-order valence-electron chi connectivity index (χ2n) is 7.18. The Balaban J connectivity index is 2.30. The van der Waals surface area contributed by atoms with Gasteiger partial charge in [0.05, 0.1) is 6.04 Å². The van der Waals surface area contributed by atoms with Gasteiger partial charge in [-0.25, -0.2) is 0 Å². The molecular weight excluding hydrogens is 250 g/mol. The van der Waals surface area contributed by atoms with Gasteiger partial charge >= 0.3 is 0 Å². The van der Waals surface area contributed by atoms with Gasteiger partial charge in [-0.3, -0.25) is 4.79 Å². The maximum atomic E-state index is 11.4. The number of carbonyl (C=O) groups is 1. The van der Waals surface area contributed by atoms with E-state index in [4.69, 9.17) is 5.73 Å². The molecule has 0 aromatic heterocycles. The van der Waals surface area contributed by atoms with Crippen LogP contribution in [-0.2, 0) is 4.79 Å². The van der Waals surface area contributed by atoms with E-state index < -0.39 is 0 Å². The van der Waals surface area contributed by atoms with E-state index in [0.29, 0.717) is 5.41 Å². The Morgan fingerprint density at radius 1 is 1.35 bits per heavy atom. The van der Waals surface area contributed by atoms with Crippen molar-refractivity contribution in [3.05, 3.63) is 0 Å². The Hall–Kier alpha value is -0.610. The SMILES string of the molecule is CCCNC(CCN1CCC(C(C)(C)C)CC1)C(N)=O. The standard InChI is InChI=1S/C16H33N3O/c1-5-9-18-14(15(17)20)8-12-19-10-6-13(7-11-19)16(2,3)4/h13-14,18H,5-12H2,1-4H3,(H2,17,20). The smallest absolute Gasteiger partial charge is 0.234 e. The van der Waals surface area contributed by atoms with Crippen LogP contribution in [0, 0.1) is 11.3 Å². The van der Waals surface area contributed by atoms with Gasteiger partial charge in [-0.1, -0.05) is 27.7 Å². The summed E-state index contributed by atoms with van der Waals surface area (Å²) in [6.45, 7) is 13.3. The molecule has 0 spiro atoms. The first kappa shape index (κ1) is 17.4. The highest BCUT2D eigenvalue weighted by atomic mass is 16.1. The summed E-state index contributed by atoms with van der Waals surface area (Å²) in [6, 6.07) is -0.171. The van der Waals surface area contributed by atoms with E-state index in [1.165, 1.54) is 12.8 Å². The summed E-state index contributed by atoms with van der Waals surface area (Å²) >= 11 is 0. The summed E-state index contributed by atoms with van der Waals surface area (Å²) in [5.74, 6) is 0.604. The van der Waals surface area contributed by atoms with Crippen LogP contribution in [0.2, 0.25) is 0 Å². The number of hydrogen-bond donors (Lipinski definition) is 2. The van der Waals surface area contributed by atoms with Crippen LogP contribution in [0.1, 0.15) is 53.4 Å². The third-order valence-electron chi connectivity index (χ3n) is 4.53. The first-order valence-corrected chi connectivity index (χ1v) is 8.09. The quantitative estimate of drug-likeness (QED) is 0.751. The summed E-state index contributed by atoms with van der Waals surface area (Å²) < 4.78 is 0. The van der Waals surface area contributed by atoms with Crippen molar-refractivity contribution in [2.75, 3.05) is 26.2 Å². The van der Waals surface area contributed by atoms with Gasteiger partial charge in [0.2, 0.25) is 5.91 Å². The van der Waals surface area contributed by atoms with Crippen LogP contribution in [0.4, 0.5) is 0 Å². The second kappa shape index (κ2) is 7.99. The van der Waals surface area contributed by atoms with Gasteiger partial charge in [-0.2, -0.15) is 0 Å². The molecule has 0 aromatic carbocycles. The zero-order chi connectivity index (χ0) is 15.2. The fourth-order valence-electron chi connectivity index (χ4n) is 3.00. The molecule has 0 aliphatic carbocycles. The van der Waals surface area contributed by atoms with Crippen molar-refractivity contribution < 1.29 is 4.79 Å². The lowest BCUT2D eigenvalue weighted by Gasteiger charge is -2.39. The zero-order valence-electron chi connectivity index (χ0n) is 13.7. The minimum absolute atomic E-state index is 0.171. The minimum atomic E-state index is -0.219. The molecule has 1 fully saturated rings. The zero-order valence-corrected chi connectivity index (χ0v) is 13.7. The third-order valence-corrected chi connectivity index (χ3v) is 4.53. The maximum Gasteiger partial charge on any atom is 0.234 e. The Morgan fingerprint density at radius 3 is 2.40 bits per heavy atom. The monoisotopic (exact) mass is 283 g/mol. The lowest BCUT2D eigenvalue weighted by molar-refractivity contribution is -0.120. The molecule has 0 aromatic rings. The molecule has 4 heteroatoms. The fourth-order valence-corrected chi connectivity index (χ4v) is 3.00. The van der Waals surface area contributed by atoms with E-state index in [0.717, 1.165) is 44.9 Å². The van der Waals surface area contributed by atoms with Crippen LogP contribution in [-0.4, -0.2) is 43.0 Å². The van der Waals surface area contributed by atoms with Crippen LogP contribution >= 0.6 is 0 Å². The summed E-state index contributed by atoms with van der Waals surface area (Å²) in [7, 11) is 0. The Bertz CT molecular complexity index is 291. The summed E-state index contributed by atoms with van der Waals surface area (Å²) in [6.07, 6.45) is 4.40. The minimum Gasteiger partial charge on any atom is -0.368 e. The van der Waals surface area contributed by atoms with E-state index in [9.17, 15) is 4.79 Å². The predicted octanol–water partition coefficient (Wildman–Crippen LogP) is 1.99.